The Balaban J connectivity index is 1.91. The first-order valence-corrected chi connectivity index (χ1v) is 9.27. The molecule has 1 unspecified atom stereocenters. The van der Waals surface area contributed by atoms with Crippen molar-refractivity contribution in [2.75, 3.05) is 16.0 Å². The zero-order valence-electron chi connectivity index (χ0n) is 16.7. The summed E-state index contributed by atoms with van der Waals surface area (Å²) in [5, 5.41) is 8.96. The number of aryl methyl sites for hydroxylation is 1. The molecule has 0 radical (unpaired) electrons. The maximum atomic E-state index is 12.4. The summed E-state index contributed by atoms with van der Waals surface area (Å²) >= 11 is 0. The Morgan fingerprint density at radius 3 is 1.85 bits per heavy atom. The number of hydrogen-bond donors (Lipinski definition) is 3. The summed E-state index contributed by atoms with van der Waals surface area (Å²) in [7, 11) is 0. The average molecular weight is 367 g/mol. The minimum atomic E-state index is -0.446. The summed E-state index contributed by atoms with van der Waals surface area (Å²) in [6.07, 6.45) is 0.971. The molecular weight excluding hydrogens is 338 g/mol. The minimum Gasteiger partial charge on any atom is -0.374 e. The number of nitrogens with one attached hydrogen (secondary N) is 3. The third kappa shape index (κ3) is 6.13. The van der Waals surface area contributed by atoms with E-state index in [0.717, 1.165) is 23.5 Å². The quantitative estimate of drug-likeness (QED) is 0.695. The highest BCUT2D eigenvalue weighted by atomic mass is 16.2. The van der Waals surface area contributed by atoms with E-state index in [2.05, 4.69) is 22.9 Å². The number of hydrogen-bond acceptors (Lipinski definition) is 3. The van der Waals surface area contributed by atoms with Gasteiger partial charge in [-0.25, -0.2) is 0 Å². The molecule has 0 spiro atoms. The van der Waals surface area contributed by atoms with E-state index < -0.39 is 11.5 Å². The van der Waals surface area contributed by atoms with E-state index in [4.69, 9.17) is 0 Å². The highest BCUT2D eigenvalue weighted by molar-refractivity contribution is 5.96. The SMILES string of the molecule is CCc1ccc(NC(=O)C(C)Nc2ccc(NC(=O)C(C)(C)C)cc2)cc1. The first kappa shape index (κ1) is 20.5. The monoisotopic (exact) mass is 367 g/mol. The van der Waals surface area contributed by atoms with E-state index in [0.29, 0.717) is 0 Å². The van der Waals surface area contributed by atoms with Crippen LogP contribution in [0.4, 0.5) is 17.1 Å². The molecule has 0 heterocycles. The number of benzene rings is 2. The van der Waals surface area contributed by atoms with Gasteiger partial charge in [-0.1, -0.05) is 39.8 Å². The van der Waals surface area contributed by atoms with Crippen LogP contribution in [0.3, 0.4) is 0 Å². The van der Waals surface area contributed by atoms with Crippen LogP contribution in [0.25, 0.3) is 0 Å². The van der Waals surface area contributed by atoms with Crippen molar-refractivity contribution in [2.24, 2.45) is 5.41 Å². The van der Waals surface area contributed by atoms with Crippen molar-refractivity contribution < 1.29 is 9.59 Å². The molecule has 5 nitrogen and oxygen atoms in total. The fourth-order valence-corrected chi connectivity index (χ4v) is 2.36. The topological polar surface area (TPSA) is 70.2 Å². The van der Waals surface area contributed by atoms with E-state index in [1.807, 2.05) is 76.2 Å². The zero-order chi connectivity index (χ0) is 20.0. The van der Waals surface area contributed by atoms with Gasteiger partial charge in [0.05, 0.1) is 0 Å². The average Bonchev–Trinajstić information content (AvgIpc) is 2.63. The van der Waals surface area contributed by atoms with Crippen LogP contribution in [0.5, 0.6) is 0 Å². The Bertz CT molecular complexity index is 775. The summed E-state index contributed by atoms with van der Waals surface area (Å²) in [6, 6.07) is 14.8. The molecular formula is C22H29N3O2. The lowest BCUT2D eigenvalue weighted by Crippen LogP contribution is -2.31. The van der Waals surface area contributed by atoms with Crippen molar-refractivity contribution >= 4 is 28.9 Å². The van der Waals surface area contributed by atoms with Crippen molar-refractivity contribution in [3.8, 4) is 0 Å². The summed E-state index contributed by atoms with van der Waals surface area (Å²) in [6.45, 7) is 9.52. The first-order chi connectivity index (χ1) is 12.7. The smallest absolute Gasteiger partial charge is 0.246 e. The number of carbonyl (C=O) groups is 2. The van der Waals surface area contributed by atoms with Crippen LogP contribution in [0.15, 0.2) is 48.5 Å². The van der Waals surface area contributed by atoms with Crippen LogP contribution in [-0.2, 0) is 16.0 Å². The van der Waals surface area contributed by atoms with E-state index in [1.165, 1.54) is 5.56 Å². The van der Waals surface area contributed by atoms with Gasteiger partial charge in [0.25, 0.3) is 0 Å². The highest BCUT2D eigenvalue weighted by Gasteiger charge is 2.21. The molecule has 2 amide bonds. The maximum Gasteiger partial charge on any atom is 0.246 e. The van der Waals surface area contributed by atoms with Crippen LogP contribution < -0.4 is 16.0 Å². The zero-order valence-corrected chi connectivity index (χ0v) is 16.7. The second kappa shape index (κ2) is 8.71. The largest absolute Gasteiger partial charge is 0.374 e. The highest BCUT2D eigenvalue weighted by Crippen LogP contribution is 2.19. The lowest BCUT2D eigenvalue weighted by molar-refractivity contribution is -0.123. The van der Waals surface area contributed by atoms with Gasteiger partial charge in [0, 0.05) is 22.5 Å². The number of carbonyl (C=O) groups excluding carboxylic acids is 2. The summed E-state index contributed by atoms with van der Waals surface area (Å²) in [4.78, 5) is 24.4. The van der Waals surface area contributed by atoms with Crippen LogP contribution in [-0.4, -0.2) is 17.9 Å². The van der Waals surface area contributed by atoms with E-state index in [-0.39, 0.29) is 11.8 Å². The lowest BCUT2D eigenvalue weighted by atomic mass is 9.95. The normalized spacial score (nSPS) is 12.2. The van der Waals surface area contributed by atoms with Crippen molar-refractivity contribution in [2.45, 2.75) is 47.1 Å². The molecule has 0 aliphatic carbocycles. The summed E-state index contributed by atoms with van der Waals surface area (Å²) in [5.74, 6) is -0.144. The molecule has 0 saturated carbocycles. The predicted octanol–water partition coefficient (Wildman–Crippen LogP) is 4.67. The van der Waals surface area contributed by atoms with Gasteiger partial charge in [0.2, 0.25) is 11.8 Å². The van der Waals surface area contributed by atoms with Crippen LogP contribution in [0, 0.1) is 5.41 Å². The molecule has 2 rings (SSSR count). The fourth-order valence-electron chi connectivity index (χ4n) is 2.36. The maximum absolute atomic E-state index is 12.4. The molecule has 27 heavy (non-hydrogen) atoms. The van der Waals surface area contributed by atoms with E-state index in [1.54, 1.807) is 0 Å². The fraction of sp³-hybridized carbons (Fsp3) is 0.364. The molecule has 2 aromatic carbocycles. The molecule has 0 bridgehead atoms. The lowest BCUT2D eigenvalue weighted by Gasteiger charge is -2.18. The number of rotatable bonds is 6. The van der Waals surface area contributed by atoms with Gasteiger partial charge in [-0.2, -0.15) is 0 Å². The molecule has 5 heteroatoms. The van der Waals surface area contributed by atoms with Crippen molar-refractivity contribution in [3.05, 3.63) is 54.1 Å². The Morgan fingerprint density at radius 2 is 1.33 bits per heavy atom. The van der Waals surface area contributed by atoms with Gasteiger partial charge in [0.1, 0.15) is 6.04 Å². The van der Waals surface area contributed by atoms with Crippen LogP contribution >= 0.6 is 0 Å². The summed E-state index contributed by atoms with van der Waals surface area (Å²) < 4.78 is 0. The number of anilines is 3. The van der Waals surface area contributed by atoms with E-state index >= 15 is 0 Å². The molecule has 2 aromatic rings. The molecule has 0 saturated heterocycles. The van der Waals surface area contributed by atoms with Gasteiger partial charge >= 0.3 is 0 Å². The molecule has 144 valence electrons. The van der Waals surface area contributed by atoms with Crippen molar-refractivity contribution in [1.29, 1.82) is 0 Å². The van der Waals surface area contributed by atoms with Crippen molar-refractivity contribution in [1.82, 2.24) is 0 Å². The molecule has 1 atom stereocenters. The second-order valence-electron chi connectivity index (χ2n) is 7.69. The Kier molecular flexibility index (Phi) is 6.61. The van der Waals surface area contributed by atoms with E-state index in [9.17, 15) is 9.59 Å². The van der Waals surface area contributed by atoms with Crippen molar-refractivity contribution in [3.63, 3.8) is 0 Å². The van der Waals surface area contributed by atoms with Gasteiger partial charge < -0.3 is 16.0 Å². The van der Waals surface area contributed by atoms with Gasteiger partial charge in [-0.15, -0.1) is 0 Å². The summed E-state index contributed by atoms with van der Waals surface area (Å²) in [5.41, 5.74) is 3.11. The van der Waals surface area contributed by atoms with Gasteiger partial charge in [-0.3, -0.25) is 9.59 Å². The first-order valence-electron chi connectivity index (χ1n) is 9.27. The molecule has 3 N–H and O–H groups in total. The standard InChI is InChI=1S/C22H29N3O2/c1-6-16-7-9-18(10-8-16)24-20(26)15(2)23-17-11-13-19(14-12-17)25-21(27)22(3,4)5/h7-15,23H,6H2,1-5H3,(H,24,26)(H,25,27). The van der Waals surface area contributed by atoms with Crippen LogP contribution in [0.1, 0.15) is 40.2 Å². The number of amides is 2. The second-order valence-corrected chi connectivity index (χ2v) is 7.69. The van der Waals surface area contributed by atoms with Gasteiger partial charge in [-0.05, 0) is 55.3 Å². The Labute approximate surface area is 161 Å². The molecule has 0 aliphatic heterocycles. The molecule has 0 aliphatic rings. The van der Waals surface area contributed by atoms with Gasteiger partial charge in [0.15, 0.2) is 0 Å². The Morgan fingerprint density at radius 1 is 0.852 bits per heavy atom. The predicted molar refractivity (Wildman–Crippen MR) is 112 cm³/mol. The van der Waals surface area contributed by atoms with Crippen LogP contribution in [0.2, 0.25) is 0 Å². The Hall–Kier alpha value is -2.82. The minimum absolute atomic E-state index is 0.0370. The molecule has 0 fully saturated rings. The molecule has 0 aromatic heterocycles. The third-order valence-electron chi connectivity index (χ3n) is 4.23. The third-order valence-corrected chi connectivity index (χ3v) is 4.23.